The van der Waals surface area contributed by atoms with Crippen LogP contribution in [-0.4, -0.2) is 53.4 Å². The highest BCUT2D eigenvalue weighted by Gasteiger charge is 2.38. The van der Waals surface area contributed by atoms with Crippen LogP contribution in [0.2, 0.25) is 4.34 Å². The molecule has 0 atom stereocenters. The van der Waals surface area contributed by atoms with E-state index in [9.17, 15) is 21.6 Å². The molecule has 0 radical (unpaired) electrons. The first-order valence-corrected chi connectivity index (χ1v) is 12.5. The predicted octanol–water partition coefficient (Wildman–Crippen LogP) is 5.09. The fourth-order valence-electron chi connectivity index (χ4n) is 3.15. The van der Waals surface area contributed by atoms with Gasteiger partial charge in [0.2, 0.25) is 10.0 Å². The van der Waals surface area contributed by atoms with Crippen molar-refractivity contribution in [3.8, 4) is 0 Å². The molecular weight excluding hydrogens is 501 g/mol. The summed E-state index contributed by atoms with van der Waals surface area (Å²) in [7, 11) is -3.46. The second-order valence-corrected chi connectivity index (χ2v) is 10.9. The number of likely N-dealkylation sites (tertiary alicyclic amines) is 1. The highest BCUT2D eigenvalue weighted by molar-refractivity contribution is 7.90. The quantitative estimate of drug-likeness (QED) is 0.490. The first kappa shape index (κ1) is 25.3. The Hall–Kier alpha value is -2.34. The lowest BCUT2D eigenvalue weighted by Crippen LogP contribution is -2.36. The molecule has 178 valence electrons. The number of aliphatic carboxylic acids is 1. The van der Waals surface area contributed by atoms with Crippen LogP contribution in [-0.2, 0) is 21.4 Å². The third kappa shape index (κ3) is 6.59. The lowest BCUT2D eigenvalue weighted by Gasteiger charge is -2.30. The maximum atomic E-state index is 12.8. The summed E-state index contributed by atoms with van der Waals surface area (Å²) in [5.74, 6) is -2.81. The number of fused-ring (bicyclic) bond motifs is 1. The van der Waals surface area contributed by atoms with E-state index in [1.165, 1.54) is 27.3 Å². The Kier molecular flexibility index (Phi) is 7.88. The molecule has 1 aromatic carbocycles. The average Bonchev–Trinajstić information content (AvgIpc) is 3.31. The van der Waals surface area contributed by atoms with Gasteiger partial charge in [-0.05, 0) is 55.4 Å². The third-order valence-corrected chi connectivity index (χ3v) is 7.58. The van der Waals surface area contributed by atoms with Gasteiger partial charge in [-0.25, -0.2) is 17.2 Å². The molecule has 0 bridgehead atoms. The number of benzene rings is 1. The van der Waals surface area contributed by atoms with E-state index in [2.05, 4.69) is 11.0 Å². The van der Waals surface area contributed by atoms with Crippen LogP contribution in [0.4, 0.5) is 13.2 Å². The summed E-state index contributed by atoms with van der Waals surface area (Å²) in [6.07, 6.45) is 1.30. The number of aromatic nitrogens is 1. The zero-order chi connectivity index (χ0) is 24.2. The number of carbonyl (C=O) groups is 1. The Morgan fingerprint density at radius 1 is 1.18 bits per heavy atom. The van der Waals surface area contributed by atoms with Gasteiger partial charge in [-0.2, -0.15) is 13.2 Å². The minimum Gasteiger partial charge on any atom is -0.475 e. The van der Waals surface area contributed by atoms with E-state index in [1.54, 1.807) is 24.4 Å². The van der Waals surface area contributed by atoms with Crippen LogP contribution in [0.25, 0.3) is 17.0 Å². The standard InChI is InChI=1S/C19H19ClN2O2S2.C2HF3O2/c20-19-8-7-16(25-19)5-2-13-26(23,24)22-12-9-17-15(4-1-6-18(17)22)14-21-10-3-11-21;3-2(4,5)1(6)7/h1-2,4-9,12H,3,10-11,13-14H2;(H,6,7). The number of halogens is 4. The molecule has 1 aliphatic rings. The lowest BCUT2D eigenvalue weighted by atomic mass is 10.1. The number of hydrogen-bond donors (Lipinski definition) is 1. The molecule has 1 fully saturated rings. The van der Waals surface area contributed by atoms with Crippen LogP contribution >= 0.6 is 22.9 Å². The molecule has 3 heterocycles. The van der Waals surface area contributed by atoms with Gasteiger partial charge in [0.25, 0.3) is 0 Å². The van der Waals surface area contributed by atoms with E-state index in [0.717, 1.165) is 35.4 Å². The Morgan fingerprint density at radius 2 is 1.88 bits per heavy atom. The van der Waals surface area contributed by atoms with Crippen molar-refractivity contribution < 1.29 is 31.5 Å². The summed E-state index contributed by atoms with van der Waals surface area (Å²) in [6, 6.07) is 11.5. The zero-order valence-corrected chi connectivity index (χ0v) is 19.5. The highest BCUT2D eigenvalue weighted by atomic mass is 35.5. The van der Waals surface area contributed by atoms with E-state index in [1.807, 2.05) is 24.3 Å². The fraction of sp³-hybridized carbons (Fsp3) is 0.286. The number of hydrogen-bond acceptors (Lipinski definition) is 5. The number of carboxylic acid groups (broad SMARTS) is 1. The van der Waals surface area contributed by atoms with Crippen molar-refractivity contribution in [2.75, 3.05) is 18.8 Å². The van der Waals surface area contributed by atoms with Crippen molar-refractivity contribution >= 4 is 55.9 Å². The highest BCUT2D eigenvalue weighted by Crippen LogP contribution is 2.25. The summed E-state index contributed by atoms with van der Waals surface area (Å²) < 4.78 is 59.4. The van der Waals surface area contributed by atoms with Crippen LogP contribution in [0.1, 0.15) is 16.9 Å². The topological polar surface area (TPSA) is 79.6 Å². The van der Waals surface area contributed by atoms with Gasteiger partial charge in [0.15, 0.2) is 0 Å². The molecule has 1 N–H and O–H groups in total. The summed E-state index contributed by atoms with van der Waals surface area (Å²) in [6.45, 7) is 3.11. The van der Waals surface area contributed by atoms with Gasteiger partial charge in [-0.3, -0.25) is 4.90 Å². The lowest BCUT2D eigenvalue weighted by molar-refractivity contribution is -0.192. The fourth-order valence-corrected chi connectivity index (χ4v) is 5.35. The first-order valence-electron chi connectivity index (χ1n) is 9.74. The van der Waals surface area contributed by atoms with Gasteiger partial charge >= 0.3 is 12.1 Å². The van der Waals surface area contributed by atoms with Crippen molar-refractivity contribution in [1.29, 1.82) is 0 Å². The van der Waals surface area contributed by atoms with Crippen molar-refractivity contribution in [3.63, 3.8) is 0 Å². The van der Waals surface area contributed by atoms with E-state index in [-0.39, 0.29) is 5.75 Å². The minimum atomic E-state index is -5.08. The molecule has 0 unspecified atom stereocenters. The van der Waals surface area contributed by atoms with E-state index in [0.29, 0.717) is 4.34 Å². The van der Waals surface area contributed by atoms with E-state index in [4.69, 9.17) is 21.5 Å². The molecule has 0 spiro atoms. The molecule has 0 aliphatic carbocycles. The van der Waals surface area contributed by atoms with Gasteiger partial charge in [0.05, 0.1) is 15.6 Å². The Balaban J connectivity index is 0.000000383. The van der Waals surface area contributed by atoms with E-state index >= 15 is 0 Å². The number of alkyl halides is 3. The second-order valence-electron chi connectivity index (χ2n) is 7.22. The van der Waals surface area contributed by atoms with Crippen LogP contribution in [0, 0.1) is 0 Å². The smallest absolute Gasteiger partial charge is 0.475 e. The molecule has 33 heavy (non-hydrogen) atoms. The first-order chi connectivity index (χ1) is 15.5. The van der Waals surface area contributed by atoms with Gasteiger partial charge in [-0.15, -0.1) is 11.3 Å². The molecule has 1 aliphatic heterocycles. The predicted molar refractivity (Wildman–Crippen MR) is 123 cm³/mol. The maximum absolute atomic E-state index is 12.8. The molecule has 0 saturated carbocycles. The molecule has 6 nitrogen and oxygen atoms in total. The summed E-state index contributed by atoms with van der Waals surface area (Å²) in [5, 5.41) is 8.14. The van der Waals surface area contributed by atoms with Crippen molar-refractivity contribution in [3.05, 3.63) is 63.4 Å². The van der Waals surface area contributed by atoms with Crippen molar-refractivity contribution in [2.24, 2.45) is 0 Å². The zero-order valence-electron chi connectivity index (χ0n) is 17.1. The Morgan fingerprint density at radius 3 is 2.42 bits per heavy atom. The van der Waals surface area contributed by atoms with E-state index < -0.39 is 22.2 Å². The van der Waals surface area contributed by atoms with Crippen LogP contribution < -0.4 is 0 Å². The SMILES string of the molecule is O=C(O)C(F)(F)F.O=S(=O)(CC=Cc1ccc(Cl)s1)n1ccc2c(CN3CCC3)cccc21. The molecule has 2 aromatic heterocycles. The normalized spacial score (nSPS) is 14.8. The van der Waals surface area contributed by atoms with Gasteiger partial charge in [0, 0.05) is 23.0 Å². The van der Waals surface area contributed by atoms with Crippen LogP contribution in [0.15, 0.2) is 48.7 Å². The Bertz CT molecular complexity index is 1260. The summed E-state index contributed by atoms with van der Waals surface area (Å²) in [4.78, 5) is 12.2. The molecule has 3 aromatic rings. The number of thiophene rings is 1. The number of nitrogens with zero attached hydrogens (tertiary/aromatic N) is 2. The van der Waals surface area contributed by atoms with Gasteiger partial charge in [0.1, 0.15) is 0 Å². The van der Waals surface area contributed by atoms with Crippen LogP contribution in [0.5, 0.6) is 0 Å². The molecule has 1 saturated heterocycles. The second kappa shape index (κ2) is 10.3. The average molecular weight is 521 g/mol. The molecular formula is C21H20ClF3N2O4S2. The summed E-state index contributed by atoms with van der Waals surface area (Å²) in [5.41, 5.74) is 1.93. The van der Waals surface area contributed by atoms with Crippen LogP contribution in [0.3, 0.4) is 0 Å². The number of rotatable bonds is 6. The Labute approximate surface area is 197 Å². The maximum Gasteiger partial charge on any atom is 0.490 e. The van der Waals surface area contributed by atoms with Gasteiger partial charge in [-0.1, -0.05) is 29.8 Å². The molecule has 4 rings (SSSR count). The monoisotopic (exact) mass is 520 g/mol. The molecule has 12 heteroatoms. The van der Waals surface area contributed by atoms with Gasteiger partial charge < -0.3 is 5.11 Å². The summed E-state index contributed by atoms with van der Waals surface area (Å²) >= 11 is 7.33. The largest absolute Gasteiger partial charge is 0.490 e. The third-order valence-electron chi connectivity index (χ3n) is 4.86. The minimum absolute atomic E-state index is 0.0529. The van der Waals surface area contributed by atoms with Crippen molar-refractivity contribution in [2.45, 2.75) is 19.1 Å². The number of carboxylic acids is 1. The van der Waals surface area contributed by atoms with Crippen molar-refractivity contribution in [1.82, 2.24) is 8.87 Å². The molecule has 0 amide bonds.